The van der Waals surface area contributed by atoms with Crippen LogP contribution in [0.2, 0.25) is 5.02 Å². The molecular formula is C20H12ClFN2O3. The van der Waals surface area contributed by atoms with Crippen LogP contribution in [0.25, 0.3) is 22.3 Å². The van der Waals surface area contributed by atoms with E-state index in [1.165, 1.54) is 16.7 Å². The number of fused-ring (bicyclic) bond motifs is 5. The van der Waals surface area contributed by atoms with Crippen LogP contribution in [0.4, 0.5) is 4.39 Å². The van der Waals surface area contributed by atoms with Crippen LogP contribution in [-0.4, -0.2) is 21.1 Å². The summed E-state index contributed by atoms with van der Waals surface area (Å²) in [6, 6.07) is 6.26. The molecule has 3 heterocycles. The van der Waals surface area contributed by atoms with E-state index < -0.39 is 28.9 Å². The Morgan fingerprint density at radius 2 is 2.00 bits per heavy atom. The number of carbonyl (C=O) groups is 2. The predicted octanol–water partition coefficient (Wildman–Crippen LogP) is 3.48. The van der Waals surface area contributed by atoms with Crippen molar-refractivity contribution in [2.45, 2.75) is 25.8 Å². The zero-order chi connectivity index (χ0) is 19.0. The topological polar surface area (TPSA) is 69.0 Å². The third-order valence-electron chi connectivity index (χ3n) is 5.39. The predicted molar refractivity (Wildman–Crippen MR) is 97.9 cm³/mol. The molecule has 0 bridgehead atoms. The highest BCUT2D eigenvalue weighted by Gasteiger charge is 2.41. The Morgan fingerprint density at radius 3 is 2.74 bits per heavy atom. The molecule has 2 aliphatic rings. The third-order valence-corrected chi connectivity index (χ3v) is 5.68. The highest BCUT2D eigenvalue weighted by molar-refractivity contribution is 6.48. The molecule has 0 spiro atoms. The summed E-state index contributed by atoms with van der Waals surface area (Å²) >= 11 is 5.87. The standard InChI is InChI=1S/C20H12ClFN2O3/c1-2-10-11-5-15-17-9(3-8-4-13(22)12(21)6-14(8)23-17)7-24(15)20(27)16(11)19(26)18(10)25/h3-6,10H,2,7H2,1H3. The van der Waals surface area contributed by atoms with E-state index in [0.717, 1.165) is 5.56 Å². The van der Waals surface area contributed by atoms with Gasteiger partial charge in [-0.2, -0.15) is 0 Å². The lowest BCUT2D eigenvalue weighted by molar-refractivity contribution is -0.115. The second-order valence-corrected chi connectivity index (χ2v) is 7.27. The van der Waals surface area contributed by atoms with Crippen LogP contribution < -0.4 is 5.56 Å². The molecule has 0 saturated carbocycles. The van der Waals surface area contributed by atoms with Crippen LogP contribution in [0.1, 0.15) is 40.7 Å². The van der Waals surface area contributed by atoms with Crippen LogP contribution >= 0.6 is 11.6 Å². The highest BCUT2D eigenvalue weighted by Crippen LogP contribution is 2.38. The largest absolute Gasteiger partial charge is 0.302 e. The number of Topliss-reactive ketones (excluding diaryl/α,β-unsaturated/α-hetero) is 2. The summed E-state index contributed by atoms with van der Waals surface area (Å²) in [5, 5.41) is 0.559. The maximum atomic E-state index is 13.8. The third kappa shape index (κ3) is 2.04. The fraction of sp³-hybridized carbons (Fsp3) is 0.200. The van der Waals surface area contributed by atoms with Crippen LogP contribution in [0.15, 0.2) is 29.1 Å². The van der Waals surface area contributed by atoms with E-state index in [2.05, 4.69) is 4.98 Å². The van der Waals surface area contributed by atoms with Crippen molar-refractivity contribution in [2.75, 3.05) is 0 Å². The van der Waals surface area contributed by atoms with Gasteiger partial charge in [0.15, 0.2) is 0 Å². The molecule has 0 fully saturated rings. The normalized spacial score (nSPS) is 17.4. The average Bonchev–Trinajstić information content (AvgIpc) is 3.10. The van der Waals surface area contributed by atoms with Gasteiger partial charge in [0.25, 0.3) is 5.56 Å². The highest BCUT2D eigenvalue weighted by atomic mass is 35.5. The Morgan fingerprint density at radius 1 is 1.22 bits per heavy atom. The fourth-order valence-corrected chi connectivity index (χ4v) is 4.23. The van der Waals surface area contributed by atoms with Crippen molar-refractivity contribution in [1.29, 1.82) is 0 Å². The molecule has 1 atom stereocenters. The van der Waals surface area contributed by atoms with E-state index in [1.54, 1.807) is 12.1 Å². The lowest BCUT2D eigenvalue weighted by Gasteiger charge is -2.09. The van der Waals surface area contributed by atoms with Gasteiger partial charge in [0.05, 0.1) is 40.0 Å². The number of rotatable bonds is 1. The average molecular weight is 383 g/mol. The zero-order valence-corrected chi connectivity index (χ0v) is 14.9. The minimum Gasteiger partial charge on any atom is -0.302 e. The second-order valence-electron chi connectivity index (χ2n) is 6.86. The first-order valence-electron chi connectivity index (χ1n) is 8.56. The van der Waals surface area contributed by atoms with Gasteiger partial charge in [0.2, 0.25) is 11.6 Å². The summed E-state index contributed by atoms with van der Waals surface area (Å²) in [6.45, 7) is 2.04. The molecule has 134 valence electrons. The molecule has 7 heteroatoms. The zero-order valence-electron chi connectivity index (χ0n) is 14.2. The van der Waals surface area contributed by atoms with Crippen molar-refractivity contribution in [2.24, 2.45) is 0 Å². The summed E-state index contributed by atoms with van der Waals surface area (Å²) in [6.07, 6.45) is 0.452. The molecule has 5 rings (SSSR count). The minimum absolute atomic E-state index is 0.0259. The first-order chi connectivity index (χ1) is 12.9. The molecule has 0 radical (unpaired) electrons. The number of halogens is 2. The summed E-state index contributed by atoms with van der Waals surface area (Å²) in [7, 11) is 0. The Labute approximate surface area is 157 Å². The molecule has 1 aromatic carbocycles. The van der Waals surface area contributed by atoms with Gasteiger partial charge < -0.3 is 4.57 Å². The molecule has 1 unspecified atom stereocenters. The van der Waals surface area contributed by atoms with Crippen molar-refractivity contribution in [3.05, 3.63) is 62.1 Å². The van der Waals surface area contributed by atoms with Gasteiger partial charge in [-0.1, -0.05) is 18.5 Å². The fourth-order valence-electron chi connectivity index (χ4n) is 4.07. The lowest BCUT2D eigenvalue weighted by Crippen LogP contribution is -2.26. The Balaban J connectivity index is 1.80. The number of hydrogen-bond acceptors (Lipinski definition) is 4. The van der Waals surface area contributed by atoms with Gasteiger partial charge in [-0.25, -0.2) is 9.37 Å². The first kappa shape index (κ1) is 16.3. The summed E-state index contributed by atoms with van der Waals surface area (Å²) in [4.78, 5) is 42.0. The molecular weight excluding hydrogens is 371 g/mol. The molecule has 1 aliphatic heterocycles. The summed E-state index contributed by atoms with van der Waals surface area (Å²) in [5.74, 6) is -2.35. The number of aromatic nitrogens is 2. The summed E-state index contributed by atoms with van der Waals surface area (Å²) in [5.41, 5.74) is 2.42. The van der Waals surface area contributed by atoms with Crippen molar-refractivity contribution in [3.8, 4) is 11.4 Å². The Bertz CT molecular complexity index is 1280. The number of ketones is 2. The smallest absolute Gasteiger partial charge is 0.263 e. The SMILES string of the molecule is CCC1C(=O)C(=O)c2c1cc1n(c2=O)Cc2cc3cc(F)c(Cl)cc3nc2-1. The Hall–Kier alpha value is -2.86. The van der Waals surface area contributed by atoms with Crippen molar-refractivity contribution >= 4 is 34.1 Å². The number of benzene rings is 1. The maximum absolute atomic E-state index is 13.8. The number of carbonyl (C=O) groups excluding carboxylic acids is 2. The molecule has 0 N–H and O–H groups in total. The molecule has 1 aliphatic carbocycles. The first-order valence-corrected chi connectivity index (χ1v) is 8.93. The molecule has 0 amide bonds. The lowest BCUT2D eigenvalue weighted by atomic mass is 9.97. The van der Waals surface area contributed by atoms with E-state index in [1.807, 2.05) is 6.92 Å². The Kier molecular flexibility index (Phi) is 3.22. The molecule has 3 aromatic rings. The van der Waals surface area contributed by atoms with Gasteiger partial charge in [0.1, 0.15) is 5.82 Å². The van der Waals surface area contributed by atoms with Gasteiger partial charge >= 0.3 is 0 Å². The maximum Gasteiger partial charge on any atom is 0.263 e. The van der Waals surface area contributed by atoms with Crippen LogP contribution in [0.3, 0.4) is 0 Å². The quantitative estimate of drug-likeness (QED) is 0.473. The van der Waals surface area contributed by atoms with Gasteiger partial charge in [0, 0.05) is 10.9 Å². The number of hydrogen-bond donors (Lipinski definition) is 0. The van der Waals surface area contributed by atoms with E-state index in [4.69, 9.17) is 11.6 Å². The van der Waals surface area contributed by atoms with E-state index >= 15 is 0 Å². The van der Waals surface area contributed by atoms with Crippen LogP contribution in [0, 0.1) is 5.82 Å². The molecule has 27 heavy (non-hydrogen) atoms. The van der Waals surface area contributed by atoms with Gasteiger partial charge in [-0.3, -0.25) is 14.4 Å². The van der Waals surface area contributed by atoms with Crippen molar-refractivity contribution in [1.82, 2.24) is 9.55 Å². The molecule has 0 saturated heterocycles. The van der Waals surface area contributed by atoms with E-state index in [0.29, 0.717) is 34.3 Å². The summed E-state index contributed by atoms with van der Waals surface area (Å²) < 4.78 is 15.2. The minimum atomic E-state index is -0.708. The molecule has 2 aromatic heterocycles. The van der Waals surface area contributed by atoms with Crippen molar-refractivity contribution in [3.63, 3.8) is 0 Å². The number of nitrogens with zero attached hydrogens (tertiary/aromatic N) is 2. The van der Waals surface area contributed by atoms with E-state index in [9.17, 15) is 18.8 Å². The van der Waals surface area contributed by atoms with Crippen molar-refractivity contribution < 1.29 is 14.0 Å². The second kappa shape index (κ2) is 5.33. The molecule has 5 nitrogen and oxygen atoms in total. The van der Waals surface area contributed by atoms with Gasteiger partial charge in [-0.15, -0.1) is 0 Å². The number of pyridine rings is 2. The monoisotopic (exact) mass is 382 g/mol. The van der Waals surface area contributed by atoms with Gasteiger partial charge in [-0.05, 0) is 36.2 Å². The van der Waals surface area contributed by atoms with E-state index in [-0.39, 0.29) is 17.1 Å². The van der Waals surface area contributed by atoms with Crippen LogP contribution in [-0.2, 0) is 11.3 Å². The van der Waals surface area contributed by atoms with Crippen LogP contribution in [0.5, 0.6) is 0 Å².